The summed E-state index contributed by atoms with van der Waals surface area (Å²) in [5.74, 6) is -3.00. The SMILES string of the molecule is COc1ccc(C2(C(=O)N(C)C(CCO)C(=O)Nc3ccc4[nH]ncc4n3)CCC(F)(F)CC2)cc1. The number of aliphatic hydroxyl groups excluding tert-OH is 1. The predicted octanol–water partition coefficient (Wildman–Crippen LogP) is 3.26. The lowest BCUT2D eigenvalue weighted by Gasteiger charge is -2.43. The monoisotopic (exact) mass is 501 g/mol. The number of amides is 2. The lowest BCUT2D eigenvalue weighted by molar-refractivity contribution is -0.147. The summed E-state index contributed by atoms with van der Waals surface area (Å²) in [6.07, 6.45) is 0.470. The van der Waals surface area contributed by atoms with E-state index in [0.29, 0.717) is 22.3 Å². The average molecular weight is 502 g/mol. The smallest absolute Gasteiger partial charge is 0.248 e. The summed E-state index contributed by atoms with van der Waals surface area (Å²) in [6.45, 7) is -0.350. The van der Waals surface area contributed by atoms with E-state index in [-0.39, 0.29) is 31.7 Å². The van der Waals surface area contributed by atoms with E-state index in [4.69, 9.17) is 4.74 Å². The van der Waals surface area contributed by atoms with Gasteiger partial charge < -0.3 is 20.1 Å². The number of nitrogens with one attached hydrogen (secondary N) is 2. The van der Waals surface area contributed by atoms with Crippen LogP contribution in [0.15, 0.2) is 42.6 Å². The Morgan fingerprint density at radius 1 is 1.17 bits per heavy atom. The van der Waals surface area contributed by atoms with Crippen molar-refractivity contribution in [3.05, 3.63) is 48.2 Å². The zero-order chi connectivity index (χ0) is 25.9. The van der Waals surface area contributed by atoms with Crippen LogP contribution in [-0.2, 0) is 15.0 Å². The fraction of sp³-hybridized carbons (Fsp3) is 0.440. The van der Waals surface area contributed by atoms with Crippen molar-refractivity contribution in [2.24, 2.45) is 0 Å². The van der Waals surface area contributed by atoms with Crippen LogP contribution in [0, 0.1) is 0 Å². The number of fused-ring (bicyclic) bond motifs is 1. The third kappa shape index (κ3) is 5.01. The summed E-state index contributed by atoms with van der Waals surface area (Å²) in [7, 11) is 2.98. The van der Waals surface area contributed by atoms with Crippen LogP contribution in [0.1, 0.15) is 37.7 Å². The Morgan fingerprint density at radius 2 is 1.86 bits per heavy atom. The maximum absolute atomic E-state index is 14.1. The minimum absolute atomic E-state index is 0.0309. The zero-order valence-electron chi connectivity index (χ0n) is 20.1. The molecule has 192 valence electrons. The molecule has 3 N–H and O–H groups in total. The first-order valence-corrected chi connectivity index (χ1v) is 11.7. The number of pyridine rings is 1. The molecule has 3 aromatic rings. The van der Waals surface area contributed by atoms with Crippen molar-refractivity contribution in [1.29, 1.82) is 0 Å². The van der Waals surface area contributed by atoms with Crippen molar-refractivity contribution in [2.75, 3.05) is 26.1 Å². The Bertz CT molecular complexity index is 1220. The van der Waals surface area contributed by atoms with Gasteiger partial charge in [-0.1, -0.05) is 12.1 Å². The van der Waals surface area contributed by atoms with Gasteiger partial charge in [-0.05, 0) is 49.1 Å². The van der Waals surface area contributed by atoms with Crippen LogP contribution in [0.4, 0.5) is 14.6 Å². The Hall–Kier alpha value is -3.60. The van der Waals surface area contributed by atoms with Crippen molar-refractivity contribution in [1.82, 2.24) is 20.1 Å². The standard InChI is InChI=1S/C25H29F2N5O4/c1-32(20(9-14-33)22(34)30-21-8-7-18-19(29-21)15-28-31-18)23(35)24(10-12-25(26,27)13-11-24)16-3-5-17(36-2)6-4-16/h3-8,15,20,33H,9-14H2,1-2H3,(H,28,31)(H,29,30,34). The highest BCUT2D eigenvalue weighted by Crippen LogP contribution is 2.47. The summed E-state index contributed by atoms with van der Waals surface area (Å²) < 4.78 is 33.5. The Balaban J connectivity index is 1.61. The largest absolute Gasteiger partial charge is 0.497 e. The molecule has 1 aromatic carbocycles. The van der Waals surface area contributed by atoms with Crippen molar-refractivity contribution in [2.45, 2.75) is 49.5 Å². The molecular formula is C25H29F2N5O4. The molecule has 2 aromatic heterocycles. The molecule has 2 heterocycles. The topological polar surface area (TPSA) is 120 Å². The molecule has 1 unspecified atom stereocenters. The second-order valence-corrected chi connectivity index (χ2v) is 9.10. The summed E-state index contributed by atoms with van der Waals surface area (Å²) in [5, 5.41) is 19.0. The number of methoxy groups -OCH3 is 1. The molecule has 1 saturated carbocycles. The number of aromatic nitrogens is 3. The number of rotatable bonds is 8. The number of hydrogen-bond donors (Lipinski definition) is 3. The molecule has 1 aliphatic carbocycles. The molecule has 36 heavy (non-hydrogen) atoms. The fourth-order valence-corrected chi connectivity index (χ4v) is 4.79. The number of anilines is 1. The highest BCUT2D eigenvalue weighted by atomic mass is 19.3. The molecule has 0 saturated heterocycles. The molecule has 1 atom stereocenters. The first-order chi connectivity index (χ1) is 17.2. The van der Waals surface area contributed by atoms with Gasteiger partial charge in [0.15, 0.2) is 0 Å². The zero-order valence-corrected chi connectivity index (χ0v) is 20.1. The van der Waals surface area contributed by atoms with Crippen molar-refractivity contribution in [3.8, 4) is 5.75 Å². The first kappa shape index (κ1) is 25.5. The van der Waals surface area contributed by atoms with E-state index in [9.17, 15) is 23.5 Å². The van der Waals surface area contributed by atoms with Crippen LogP contribution >= 0.6 is 0 Å². The second kappa shape index (κ2) is 10.2. The van der Waals surface area contributed by atoms with Gasteiger partial charge >= 0.3 is 0 Å². The predicted molar refractivity (Wildman–Crippen MR) is 129 cm³/mol. The van der Waals surface area contributed by atoms with Gasteiger partial charge in [-0.3, -0.25) is 14.7 Å². The molecule has 4 rings (SSSR count). The third-order valence-corrected chi connectivity index (χ3v) is 6.93. The van der Waals surface area contributed by atoms with Gasteiger partial charge in [0, 0.05) is 26.5 Å². The van der Waals surface area contributed by atoms with Crippen molar-refractivity contribution >= 4 is 28.7 Å². The maximum Gasteiger partial charge on any atom is 0.248 e. The first-order valence-electron chi connectivity index (χ1n) is 11.7. The number of H-pyrrole nitrogens is 1. The highest BCUT2D eigenvalue weighted by molar-refractivity contribution is 5.99. The molecule has 1 aliphatic rings. The highest BCUT2D eigenvalue weighted by Gasteiger charge is 2.51. The number of carbonyl (C=O) groups is 2. The Labute approximate surface area is 206 Å². The molecule has 0 spiro atoms. The summed E-state index contributed by atoms with van der Waals surface area (Å²) in [5.41, 5.74) is 0.608. The molecule has 2 amide bonds. The van der Waals surface area contributed by atoms with E-state index >= 15 is 0 Å². The van der Waals surface area contributed by atoms with E-state index in [1.165, 1.54) is 25.3 Å². The average Bonchev–Trinajstić information content (AvgIpc) is 3.35. The van der Waals surface area contributed by atoms with E-state index in [1.807, 2.05) is 0 Å². The number of likely N-dealkylation sites (N-methyl/N-ethyl adjacent to an activating group) is 1. The number of alkyl halides is 2. The molecule has 11 heteroatoms. The van der Waals surface area contributed by atoms with Gasteiger partial charge in [0.05, 0.1) is 24.2 Å². The van der Waals surface area contributed by atoms with Gasteiger partial charge in [0.1, 0.15) is 23.1 Å². The Kier molecular flexibility index (Phi) is 7.21. The number of ether oxygens (including phenoxy) is 1. The van der Waals surface area contributed by atoms with Gasteiger partial charge in [0.25, 0.3) is 0 Å². The normalized spacial score (nSPS) is 17.4. The van der Waals surface area contributed by atoms with Crippen LogP contribution in [-0.4, -0.2) is 69.7 Å². The number of hydrogen-bond acceptors (Lipinski definition) is 6. The number of aliphatic hydroxyl groups is 1. The second-order valence-electron chi connectivity index (χ2n) is 9.10. The Morgan fingerprint density at radius 3 is 2.50 bits per heavy atom. The number of carbonyl (C=O) groups excluding carboxylic acids is 2. The van der Waals surface area contributed by atoms with Gasteiger partial charge in [0.2, 0.25) is 17.7 Å². The van der Waals surface area contributed by atoms with Crippen LogP contribution in [0.2, 0.25) is 0 Å². The van der Waals surface area contributed by atoms with Gasteiger partial charge in [-0.2, -0.15) is 5.10 Å². The van der Waals surface area contributed by atoms with Crippen LogP contribution in [0.5, 0.6) is 5.75 Å². The molecule has 1 fully saturated rings. The molecule has 9 nitrogen and oxygen atoms in total. The lowest BCUT2D eigenvalue weighted by atomic mass is 9.67. The number of halogens is 2. The van der Waals surface area contributed by atoms with Gasteiger partial charge in [-0.15, -0.1) is 0 Å². The molecule has 0 bridgehead atoms. The van der Waals surface area contributed by atoms with E-state index in [2.05, 4.69) is 20.5 Å². The van der Waals surface area contributed by atoms with Crippen molar-refractivity contribution in [3.63, 3.8) is 0 Å². The third-order valence-electron chi connectivity index (χ3n) is 6.93. The number of nitrogens with zero attached hydrogens (tertiary/aromatic N) is 3. The number of aromatic amines is 1. The summed E-state index contributed by atoms with van der Waals surface area (Å²) in [6, 6.07) is 9.06. The quantitative estimate of drug-likeness (QED) is 0.436. The number of benzene rings is 1. The van der Waals surface area contributed by atoms with Gasteiger partial charge in [-0.25, -0.2) is 13.8 Å². The lowest BCUT2D eigenvalue weighted by Crippen LogP contribution is -2.54. The van der Waals surface area contributed by atoms with E-state index in [0.717, 1.165) is 0 Å². The fourth-order valence-electron chi connectivity index (χ4n) is 4.79. The summed E-state index contributed by atoms with van der Waals surface area (Å²) >= 11 is 0. The minimum atomic E-state index is -2.85. The summed E-state index contributed by atoms with van der Waals surface area (Å²) in [4.78, 5) is 32.8. The molecular weight excluding hydrogens is 472 g/mol. The van der Waals surface area contributed by atoms with Crippen LogP contribution in [0.3, 0.4) is 0 Å². The molecule has 0 aliphatic heterocycles. The van der Waals surface area contributed by atoms with Crippen molar-refractivity contribution < 1.29 is 28.2 Å². The minimum Gasteiger partial charge on any atom is -0.497 e. The maximum atomic E-state index is 14.1. The molecule has 0 radical (unpaired) electrons. The van der Waals surface area contributed by atoms with E-state index in [1.54, 1.807) is 36.4 Å². The van der Waals surface area contributed by atoms with Crippen LogP contribution in [0.25, 0.3) is 11.0 Å². The van der Waals surface area contributed by atoms with E-state index < -0.39 is 42.0 Å². The van der Waals surface area contributed by atoms with Crippen LogP contribution < -0.4 is 10.1 Å².